The molecule has 0 aliphatic rings. The first-order chi connectivity index (χ1) is 11.5. The second-order valence-corrected chi connectivity index (χ2v) is 5.66. The number of hydrogen-bond acceptors (Lipinski definition) is 3. The highest BCUT2D eigenvalue weighted by atomic mass is 16.3. The molecule has 0 saturated carbocycles. The molecule has 2 amide bonds. The Morgan fingerprint density at radius 1 is 1.00 bits per heavy atom. The predicted molar refractivity (Wildman–Crippen MR) is 93.5 cm³/mol. The number of aryl methyl sites for hydroxylation is 2. The van der Waals surface area contributed by atoms with Crippen molar-refractivity contribution in [1.82, 2.24) is 4.90 Å². The number of hydrogen-bond donors (Lipinski definition) is 2. The van der Waals surface area contributed by atoms with Crippen LogP contribution in [0.25, 0.3) is 0 Å². The van der Waals surface area contributed by atoms with Gasteiger partial charge >= 0.3 is 11.8 Å². The van der Waals surface area contributed by atoms with Crippen LogP contribution in [-0.4, -0.2) is 35.0 Å². The fourth-order valence-corrected chi connectivity index (χ4v) is 2.50. The van der Waals surface area contributed by atoms with Gasteiger partial charge in [0.15, 0.2) is 0 Å². The van der Waals surface area contributed by atoms with Crippen LogP contribution in [0.4, 0.5) is 5.69 Å². The third-order valence-electron chi connectivity index (χ3n) is 3.79. The molecule has 2 aromatic carbocycles. The van der Waals surface area contributed by atoms with Crippen molar-refractivity contribution in [1.29, 1.82) is 0 Å². The molecule has 24 heavy (non-hydrogen) atoms. The highest BCUT2D eigenvalue weighted by Gasteiger charge is 2.22. The molecule has 0 saturated heterocycles. The zero-order valence-electron chi connectivity index (χ0n) is 14.0. The predicted octanol–water partition coefficient (Wildman–Crippen LogP) is 2.26. The van der Waals surface area contributed by atoms with Gasteiger partial charge in [0.1, 0.15) is 0 Å². The van der Waals surface area contributed by atoms with Gasteiger partial charge in [-0.2, -0.15) is 0 Å². The lowest BCUT2D eigenvalue weighted by atomic mass is 10.1. The molecular formula is C19H22N2O3. The fourth-order valence-electron chi connectivity index (χ4n) is 2.50. The molecular weight excluding hydrogens is 304 g/mol. The zero-order chi connectivity index (χ0) is 17.5. The van der Waals surface area contributed by atoms with Crippen LogP contribution in [0.2, 0.25) is 0 Å². The van der Waals surface area contributed by atoms with E-state index in [0.717, 1.165) is 16.7 Å². The van der Waals surface area contributed by atoms with Crippen molar-refractivity contribution >= 4 is 17.5 Å². The summed E-state index contributed by atoms with van der Waals surface area (Å²) in [5.41, 5.74) is 3.35. The van der Waals surface area contributed by atoms with Gasteiger partial charge in [-0.25, -0.2) is 0 Å². The second-order valence-electron chi connectivity index (χ2n) is 5.66. The first-order valence-corrected chi connectivity index (χ1v) is 7.84. The molecule has 0 radical (unpaired) electrons. The Labute approximate surface area is 141 Å². The minimum atomic E-state index is -0.697. The molecule has 0 spiro atoms. The monoisotopic (exact) mass is 326 g/mol. The number of rotatable bonds is 5. The Kier molecular flexibility index (Phi) is 6.09. The van der Waals surface area contributed by atoms with E-state index in [4.69, 9.17) is 0 Å². The van der Waals surface area contributed by atoms with Crippen molar-refractivity contribution in [2.45, 2.75) is 20.4 Å². The van der Waals surface area contributed by atoms with Crippen LogP contribution in [-0.2, 0) is 16.1 Å². The van der Waals surface area contributed by atoms with Gasteiger partial charge in [0, 0.05) is 18.8 Å². The van der Waals surface area contributed by atoms with E-state index in [1.54, 1.807) is 0 Å². The molecule has 0 unspecified atom stereocenters. The number of carbonyl (C=O) groups excluding carboxylic acids is 2. The maximum atomic E-state index is 12.5. The van der Waals surface area contributed by atoms with Crippen molar-refractivity contribution < 1.29 is 14.7 Å². The largest absolute Gasteiger partial charge is 0.395 e. The van der Waals surface area contributed by atoms with Gasteiger partial charge < -0.3 is 15.3 Å². The molecule has 2 N–H and O–H groups in total. The van der Waals surface area contributed by atoms with E-state index >= 15 is 0 Å². The molecule has 0 atom stereocenters. The number of aliphatic hydroxyl groups is 1. The third-order valence-corrected chi connectivity index (χ3v) is 3.79. The SMILES string of the molecule is Cc1cccc(C)c1NC(=O)C(=O)N(CCO)Cc1ccccc1. The van der Waals surface area contributed by atoms with Crippen molar-refractivity contribution in [2.24, 2.45) is 0 Å². The molecule has 126 valence electrons. The molecule has 5 heteroatoms. The van der Waals surface area contributed by atoms with Gasteiger partial charge in [-0.05, 0) is 30.5 Å². The van der Waals surface area contributed by atoms with Gasteiger partial charge in [-0.15, -0.1) is 0 Å². The van der Waals surface area contributed by atoms with Crippen LogP contribution < -0.4 is 5.32 Å². The van der Waals surface area contributed by atoms with Gasteiger partial charge in [0.2, 0.25) is 0 Å². The normalized spacial score (nSPS) is 10.3. The van der Waals surface area contributed by atoms with E-state index in [9.17, 15) is 14.7 Å². The molecule has 2 aromatic rings. The van der Waals surface area contributed by atoms with Crippen molar-refractivity contribution in [2.75, 3.05) is 18.5 Å². The summed E-state index contributed by atoms with van der Waals surface area (Å²) in [7, 11) is 0. The summed E-state index contributed by atoms with van der Waals surface area (Å²) < 4.78 is 0. The van der Waals surface area contributed by atoms with Gasteiger partial charge in [0.05, 0.1) is 6.61 Å². The molecule has 0 aliphatic heterocycles. The lowest BCUT2D eigenvalue weighted by Crippen LogP contribution is -2.41. The number of benzene rings is 2. The lowest BCUT2D eigenvalue weighted by Gasteiger charge is -2.22. The first-order valence-electron chi connectivity index (χ1n) is 7.84. The molecule has 2 rings (SSSR count). The number of amides is 2. The quantitative estimate of drug-likeness (QED) is 0.828. The highest BCUT2D eigenvalue weighted by molar-refractivity contribution is 6.39. The summed E-state index contributed by atoms with van der Waals surface area (Å²) in [6, 6.07) is 15.0. The average molecular weight is 326 g/mol. The highest BCUT2D eigenvalue weighted by Crippen LogP contribution is 2.19. The fraction of sp³-hybridized carbons (Fsp3) is 0.263. The summed E-state index contributed by atoms with van der Waals surface area (Å²) >= 11 is 0. The summed E-state index contributed by atoms with van der Waals surface area (Å²) in [4.78, 5) is 26.2. The van der Waals surface area contributed by atoms with Gasteiger partial charge in [-0.1, -0.05) is 48.5 Å². The molecule has 0 aromatic heterocycles. The van der Waals surface area contributed by atoms with Crippen molar-refractivity contribution in [3.05, 3.63) is 65.2 Å². The Morgan fingerprint density at radius 2 is 1.62 bits per heavy atom. The second kappa shape index (κ2) is 8.26. The minimum absolute atomic E-state index is 0.105. The summed E-state index contributed by atoms with van der Waals surface area (Å²) in [6.07, 6.45) is 0. The van der Waals surface area contributed by atoms with Crippen LogP contribution in [0, 0.1) is 13.8 Å². The number of carbonyl (C=O) groups is 2. The smallest absolute Gasteiger partial charge is 0.313 e. The summed E-state index contributed by atoms with van der Waals surface area (Å²) in [6.45, 7) is 3.94. The molecule has 0 fully saturated rings. The topological polar surface area (TPSA) is 69.6 Å². The van der Waals surface area contributed by atoms with E-state index in [0.29, 0.717) is 5.69 Å². The standard InChI is InChI=1S/C19H22N2O3/c1-14-7-6-8-15(2)17(14)20-18(23)19(24)21(11-12-22)13-16-9-4-3-5-10-16/h3-10,22H,11-13H2,1-2H3,(H,20,23). The van der Waals surface area contributed by atoms with E-state index in [1.807, 2.05) is 62.4 Å². The first kappa shape index (κ1) is 17.7. The van der Waals surface area contributed by atoms with Gasteiger partial charge in [-0.3, -0.25) is 9.59 Å². The molecule has 0 heterocycles. The van der Waals surface area contributed by atoms with Crippen LogP contribution in [0.5, 0.6) is 0 Å². The van der Waals surface area contributed by atoms with Crippen LogP contribution in [0.3, 0.4) is 0 Å². The van der Waals surface area contributed by atoms with Gasteiger partial charge in [0.25, 0.3) is 0 Å². The van der Waals surface area contributed by atoms with E-state index in [2.05, 4.69) is 5.32 Å². The average Bonchev–Trinajstić information content (AvgIpc) is 2.58. The number of anilines is 1. The van der Waals surface area contributed by atoms with Crippen LogP contribution >= 0.6 is 0 Å². The molecule has 5 nitrogen and oxygen atoms in total. The number of nitrogens with zero attached hydrogens (tertiary/aromatic N) is 1. The van der Waals surface area contributed by atoms with Crippen LogP contribution in [0.1, 0.15) is 16.7 Å². The number of nitrogens with one attached hydrogen (secondary N) is 1. The number of aliphatic hydroxyl groups excluding tert-OH is 1. The van der Waals surface area contributed by atoms with E-state index in [-0.39, 0.29) is 19.7 Å². The lowest BCUT2D eigenvalue weighted by molar-refractivity contribution is -0.143. The Bertz CT molecular complexity index is 694. The van der Waals surface area contributed by atoms with Crippen molar-refractivity contribution in [3.63, 3.8) is 0 Å². The molecule has 0 bridgehead atoms. The Hall–Kier alpha value is -2.66. The molecule has 0 aliphatic carbocycles. The summed E-state index contributed by atoms with van der Waals surface area (Å²) in [5, 5.41) is 11.9. The Balaban J connectivity index is 2.12. The maximum absolute atomic E-state index is 12.5. The van der Waals surface area contributed by atoms with Crippen molar-refractivity contribution in [3.8, 4) is 0 Å². The third kappa shape index (κ3) is 4.43. The van der Waals surface area contributed by atoms with E-state index in [1.165, 1.54) is 4.90 Å². The van der Waals surface area contributed by atoms with E-state index < -0.39 is 11.8 Å². The zero-order valence-corrected chi connectivity index (χ0v) is 14.0. The summed E-state index contributed by atoms with van der Waals surface area (Å²) in [5.74, 6) is -1.35. The van der Waals surface area contributed by atoms with Crippen LogP contribution in [0.15, 0.2) is 48.5 Å². The Morgan fingerprint density at radius 3 is 2.21 bits per heavy atom. The maximum Gasteiger partial charge on any atom is 0.313 e. The number of para-hydroxylation sites is 1. The minimum Gasteiger partial charge on any atom is -0.395 e.